The van der Waals surface area contributed by atoms with E-state index in [9.17, 15) is 14.4 Å². The van der Waals surface area contributed by atoms with Crippen LogP contribution >= 0.6 is 0 Å². The maximum Gasteiger partial charge on any atom is 0.404 e. The van der Waals surface area contributed by atoms with Gasteiger partial charge in [0.15, 0.2) is 0 Å². The average molecular weight is 342 g/mol. The van der Waals surface area contributed by atoms with Crippen molar-refractivity contribution in [2.75, 3.05) is 20.1 Å². The molecule has 2 fully saturated rings. The molecule has 4 aliphatic rings. The summed E-state index contributed by atoms with van der Waals surface area (Å²) in [6, 6.07) is 0.510. The summed E-state index contributed by atoms with van der Waals surface area (Å²) < 4.78 is 6.97. The molecule has 2 saturated heterocycles. The van der Waals surface area contributed by atoms with Gasteiger partial charge in [-0.2, -0.15) is 0 Å². The number of fused-ring (bicyclic) bond motifs is 5. The largest absolute Gasteiger partial charge is 0.445 e. The first kappa shape index (κ1) is 14.7. The quantitative estimate of drug-likeness (QED) is 0.800. The van der Waals surface area contributed by atoms with Gasteiger partial charge < -0.3 is 19.9 Å². The SMILES string of the molecule is CC1=C(N2CC2)C(=O)c2c(COC(N)=O)c3n(c2C1=O)CC1C3N1C. The fourth-order valence-corrected chi connectivity index (χ4v) is 4.41. The van der Waals surface area contributed by atoms with Crippen LogP contribution in [0.3, 0.4) is 0 Å². The number of allylic oxidation sites excluding steroid dienone is 2. The molecule has 0 bridgehead atoms. The lowest BCUT2D eigenvalue weighted by Gasteiger charge is -2.20. The normalized spacial score (nSPS) is 28.7. The molecule has 4 heterocycles. The van der Waals surface area contributed by atoms with E-state index < -0.39 is 6.09 Å². The molecule has 1 aromatic rings. The lowest BCUT2D eigenvalue weighted by Crippen LogP contribution is -2.27. The molecule has 1 aromatic heterocycles. The predicted molar refractivity (Wildman–Crippen MR) is 86.0 cm³/mol. The zero-order chi connectivity index (χ0) is 17.6. The van der Waals surface area contributed by atoms with Gasteiger partial charge in [0, 0.05) is 42.5 Å². The van der Waals surface area contributed by atoms with Crippen molar-refractivity contribution in [3.05, 3.63) is 33.8 Å². The summed E-state index contributed by atoms with van der Waals surface area (Å²) in [6.07, 6.45) is -0.889. The van der Waals surface area contributed by atoms with E-state index in [1.165, 1.54) is 0 Å². The summed E-state index contributed by atoms with van der Waals surface area (Å²) in [4.78, 5) is 41.4. The first-order valence-electron chi connectivity index (χ1n) is 8.36. The van der Waals surface area contributed by atoms with E-state index in [2.05, 4.69) is 4.90 Å². The second-order valence-electron chi connectivity index (χ2n) is 7.10. The van der Waals surface area contributed by atoms with Gasteiger partial charge in [-0.25, -0.2) is 4.79 Å². The Labute approximate surface area is 143 Å². The van der Waals surface area contributed by atoms with Crippen molar-refractivity contribution in [2.24, 2.45) is 5.73 Å². The van der Waals surface area contributed by atoms with Crippen LogP contribution in [0.5, 0.6) is 0 Å². The van der Waals surface area contributed by atoms with Crippen LogP contribution in [-0.2, 0) is 17.9 Å². The predicted octanol–water partition coefficient (Wildman–Crippen LogP) is 0.421. The number of carbonyl (C=O) groups excluding carboxylic acids is 3. The van der Waals surface area contributed by atoms with E-state index >= 15 is 0 Å². The van der Waals surface area contributed by atoms with Crippen LogP contribution in [0.2, 0.25) is 0 Å². The number of hydrogen-bond donors (Lipinski definition) is 1. The summed E-state index contributed by atoms with van der Waals surface area (Å²) in [5.41, 5.74) is 8.52. The van der Waals surface area contributed by atoms with Crippen molar-refractivity contribution in [3.8, 4) is 0 Å². The van der Waals surface area contributed by atoms with Crippen molar-refractivity contribution in [2.45, 2.75) is 32.2 Å². The smallest absolute Gasteiger partial charge is 0.404 e. The van der Waals surface area contributed by atoms with Gasteiger partial charge >= 0.3 is 6.09 Å². The Bertz CT molecular complexity index is 908. The van der Waals surface area contributed by atoms with Gasteiger partial charge in [-0.1, -0.05) is 0 Å². The van der Waals surface area contributed by atoms with Crippen LogP contribution in [-0.4, -0.2) is 58.2 Å². The topological polar surface area (TPSA) is 97.4 Å². The average Bonchev–Trinajstić information content (AvgIpc) is 3.41. The number of nitrogens with zero attached hydrogens (tertiary/aromatic N) is 3. The highest BCUT2D eigenvalue weighted by Gasteiger charge is 2.56. The maximum absolute atomic E-state index is 13.2. The highest BCUT2D eigenvalue weighted by Crippen LogP contribution is 2.52. The summed E-state index contributed by atoms with van der Waals surface area (Å²) in [5, 5.41) is 0. The molecule has 0 saturated carbocycles. The molecule has 25 heavy (non-hydrogen) atoms. The van der Waals surface area contributed by atoms with Gasteiger partial charge in [0.1, 0.15) is 12.3 Å². The van der Waals surface area contributed by atoms with E-state index in [1.54, 1.807) is 6.92 Å². The molecule has 3 atom stereocenters. The molecule has 8 heteroatoms. The number of likely N-dealkylation sites (N-methyl/N-ethyl adjacent to an activating group) is 1. The minimum atomic E-state index is -0.889. The van der Waals surface area contributed by atoms with Gasteiger partial charge in [0.2, 0.25) is 11.6 Å². The fourth-order valence-electron chi connectivity index (χ4n) is 4.41. The van der Waals surface area contributed by atoms with Crippen molar-refractivity contribution in [1.29, 1.82) is 0 Å². The number of aromatic nitrogens is 1. The van der Waals surface area contributed by atoms with Crippen LogP contribution < -0.4 is 5.73 Å². The number of ketones is 2. The fraction of sp³-hybridized carbons (Fsp3) is 0.471. The maximum atomic E-state index is 13.2. The molecular formula is C17H18N4O4. The zero-order valence-corrected chi connectivity index (χ0v) is 14.0. The lowest BCUT2D eigenvalue weighted by atomic mass is 9.89. The number of amides is 1. The second kappa shape index (κ2) is 4.51. The summed E-state index contributed by atoms with van der Waals surface area (Å²) in [5.74, 6) is -0.249. The van der Waals surface area contributed by atoms with Crippen LogP contribution in [0, 0.1) is 0 Å². The molecule has 1 amide bonds. The Morgan fingerprint density at radius 3 is 2.64 bits per heavy atom. The Balaban J connectivity index is 1.70. The third kappa shape index (κ3) is 1.77. The van der Waals surface area contributed by atoms with E-state index in [1.807, 2.05) is 16.5 Å². The molecule has 1 aliphatic carbocycles. The number of Topliss-reactive ketones (excluding diaryl/α,β-unsaturated/α-hetero) is 2. The summed E-state index contributed by atoms with van der Waals surface area (Å²) in [6.45, 7) is 3.89. The molecule has 0 aromatic carbocycles. The summed E-state index contributed by atoms with van der Waals surface area (Å²) >= 11 is 0. The Morgan fingerprint density at radius 2 is 2.00 bits per heavy atom. The third-order valence-electron chi connectivity index (χ3n) is 5.77. The van der Waals surface area contributed by atoms with Gasteiger partial charge in [-0.15, -0.1) is 0 Å². The van der Waals surface area contributed by atoms with Gasteiger partial charge in [-0.3, -0.25) is 14.5 Å². The van der Waals surface area contributed by atoms with Crippen LogP contribution in [0.25, 0.3) is 0 Å². The van der Waals surface area contributed by atoms with Crippen molar-refractivity contribution < 1.29 is 19.1 Å². The monoisotopic (exact) mass is 342 g/mol. The molecule has 8 nitrogen and oxygen atoms in total. The lowest BCUT2D eigenvalue weighted by molar-refractivity contribution is 0.0952. The highest BCUT2D eigenvalue weighted by molar-refractivity contribution is 6.27. The molecule has 3 aliphatic heterocycles. The summed E-state index contributed by atoms with van der Waals surface area (Å²) in [7, 11) is 2.01. The van der Waals surface area contributed by atoms with Crippen LogP contribution in [0.15, 0.2) is 11.3 Å². The number of primary amides is 1. The molecule has 2 N–H and O–H groups in total. The van der Waals surface area contributed by atoms with Crippen LogP contribution in [0.1, 0.15) is 45.1 Å². The van der Waals surface area contributed by atoms with E-state index in [0.29, 0.717) is 40.7 Å². The molecule has 130 valence electrons. The first-order chi connectivity index (χ1) is 11.9. The molecule has 0 spiro atoms. The van der Waals surface area contributed by atoms with Crippen molar-refractivity contribution in [1.82, 2.24) is 14.4 Å². The molecule has 5 rings (SSSR count). The first-order valence-corrected chi connectivity index (χ1v) is 8.36. The van der Waals surface area contributed by atoms with Gasteiger partial charge in [0.25, 0.3) is 0 Å². The van der Waals surface area contributed by atoms with E-state index in [0.717, 1.165) is 18.8 Å². The van der Waals surface area contributed by atoms with Crippen molar-refractivity contribution in [3.63, 3.8) is 0 Å². The minimum absolute atomic E-state index is 0.0809. The van der Waals surface area contributed by atoms with E-state index in [4.69, 9.17) is 10.5 Å². The van der Waals surface area contributed by atoms with Crippen LogP contribution in [0.4, 0.5) is 4.79 Å². The molecule has 3 unspecified atom stereocenters. The number of hydrogen-bond acceptors (Lipinski definition) is 6. The molecular weight excluding hydrogens is 324 g/mol. The molecule has 0 radical (unpaired) electrons. The highest BCUT2D eigenvalue weighted by atomic mass is 16.5. The zero-order valence-electron chi connectivity index (χ0n) is 14.0. The second-order valence-corrected chi connectivity index (χ2v) is 7.10. The Kier molecular flexibility index (Phi) is 2.66. The minimum Gasteiger partial charge on any atom is -0.445 e. The number of carbonyl (C=O) groups is 3. The standard InChI is InChI=1S/C17H18N4O4/c1-7-11(20-3-4-20)16(23)10-8(6-25-17(18)24)12-13-9(19(13)2)5-21(12)14(10)15(7)22/h9,13H,3-6H2,1-2H3,(H2,18,24). The number of ether oxygens (including phenoxy) is 1. The van der Waals surface area contributed by atoms with Gasteiger partial charge in [0.05, 0.1) is 17.3 Å². The third-order valence-corrected chi connectivity index (χ3v) is 5.77. The number of rotatable bonds is 3. The Hall–Kier alpha value is -2.61. The van der Waals surface area contributed by atoms with Crippen molar-refractivity contribution >= 4 is 17.7 Å². The number of nitrogens with two attached hydrogens (primary N) is 1. The Morgan fingerprint density at radius 1 is 1.28 bits per heavy atom. The van der Waals surface area contributed by atoms with Gasteiger partial charge in [-0.05, 0) is 14.0 Å². The van der Waals surface area contributed by atoms with E-state index in [-0.39, 0.29) is 24.2 Å².